The number of thiophene rings is 7. The molecular weight excluding hydrogens is 1610 g/mol. The zero-order valence-electron chi connectivity index (χ0n) is 54.7. The van der Waals surface area contributed by atoms with Crippen LogP contribution < -0.4 is 39.1 Å². The monoisotopic (exact) mass is 1660 g/mol. The molecule has 0 aliphatic carbocycles. The molecule has 0 saturated carbocycles. The number of aryl methyl sites for hydroxylation is 5. The van der Waals surface area contributed by atoms with Crippen LogP contribution in [0.3, 0.4) is 0 Å². The molecule has 16 rings (SSSR count). The standard InChI is InChI=1S/C15H13N3OS.C13H11N3OS.C8H8N2S.C7H5ClN2S.C6H2Cl2N2S.C6H4N2O2S.C6H7NO.C5H6N2OS.Cl3OP/c1-9-14-13(7-8-20-14)18-15(16-9)11-3-5-12(6-4-11)17-10(2)19;1-8-12-11(6-7-18-12)16-13(14-8)15-9-2-4-10(17)5-3-9;1-5-8-7(3-4-11-8)10-6(2)9-5;1-4-6-5(2-3-11-6)10-7(8)9-4;7-5-4-3(1-2-11-4)9-6(8)10-5;9-5-4-3(1-2-11-4)7-6(10)8-5;7-5-1-3-6(8)4-2-5;6-3-1-2-9-4(3)5(7)8;1-5(2,3)4/h3-8H,1-2H3,(H,17,19);2-7,17H,1H3,(H,14,15,16);3-4H,1-2H3;2-3H,1H3;1-2H;1-2H,(H2,7,8,9,10);1-4,8H,7H2;1-2H,6H2,(H2,7,8);. The summed E-state index contributed by atoms with van der Waals surface area (Å²) in [4.78, 5) is 90.6. The molecule has 0 spiro atoms. The molecule has 536 valence electrons. The van der Waals surface area contributed by atoms with Gasteiger partial charge in [-0.1, -0.05) is 11.6 Å². The largest absolute Gasteiger partial charge is 0.508 e. The molecule has 2 amide bonds. The van der Waals surface area contributed by atoms with Crippen LogP contribution in [0.4, 0.5) is 28.7 Å². The van der Waals surface area contributed by atoms with E-state index in [1.165, 1.54) is 45.6 Å². The number of aromatic hydroxyl groups is 2. The fourth-order valence-corrected chi connectivity index (χ4v) is 14.6. The number of anilines is 5. The van der Waals surface area contributed by atoms with Gasteiger partial charge in [-0.15, -0.1) is 79.4 Å². The van der Waals surface area contributed by atoms with E-state index in [9.17, 15) is 28.8 Å². The van der Waals surface area contributed by atoms with Crippen molar-refractivity contribution >= 4 is 255 Å². The van der Waals surface area contributed by atoms with Gasteiger partial charge in [0.1, 0.15) is 26.9 Å². The number of amides is 2. The number of benzene rings is 3. The third kappa shape index (κ3) is 24.6. The lowest BCUT2D eigenvalue weighted by molar-refractivity contribution is -0.114. The summed E-state index contributed by atoms with van der Waals surface area (Å²) in [6.07, 6.45) is 0. The number of phenolic OH excluding ortho intramolecular Hbond substituents is 2. The molecule has 12 N–H and O–H groups in total. The molecule has 0 aliphatic heterocycles. The van der Waals surface area contributed by atoms with Crippen LogP contribution in [0.1, 0.15) is 45.2 Å². The van der Waals surface area contributed by atoms with E-state index in [4.69, 9.17) is 57.1 Å². The van der Waals surface area contributed by atoms with E-state index in [-0.39, 0.29) is 28.2 Å². The highest BCUT2D eigenvalue weighted by atomic mass is 36.0. The van der Waals surface area contributed by atoms with Crippen molar-refractivity contribution in [3.8, 4) is 22.9 Å². The molecule has 0 radical (unpaired) electrons. The molecule has 0 unspecified atom stereocenters. The predicted molar refractivity (Wildman–Crippen MR) is 435 cm³/mol. The van der Waals surface area contributed by atoms with Gasteiger partial charge in [0.15, 0.2) is 11.0 Å². The van der Waals surface area contributed by atoms with Gasteiger partial charge >= 0.3 is 10.9 Å². The minimum atomic E-state index is -3.22. The number of phenols is 2. The molecule has 3 aromatic carbocycles. The Hall–Kier alpha value is -8.89. The Morgan fingerprint density at radius 2 is 0.913 bits per heavy atom. The average molecular weight is 1670 g/mol. The van der Waals surface area contributed by atoms with E-state index in [1.807, 2.05) is 116 Å². The Morgan fingerprint density at radius 1 is 0.481 bits per heavy atom. The highest BCUT2D eigenvalue weighted by Crippen LogP contribution is 2.61. The summed E-state index contributed by atoms with van der Waals surface area (Å²) in [5.41, 5.74) is 27.9. The normalized spacial score (nSPS) is 10.5. The van der Waals surface area contributed by atoms with Crippen LogP contribution in [0.5, 0.6) is 11.5 Å². The maximum absolute atomic E-state index is 11.0. The highest BCUT2D eigenvalue weighted by Gasteiger charge is 2.11. The number of carbonyl (C=O) groups is 2. The number of hydrogen-bond acceptors (Lipinski definition) is 27. The van der Waals surface area contributed by atoms with Gasteiger partial charge in [0, 0.05) is 29.5 Å². The van der Waals surface area contributed by atoms with Gasteiger partial charge in [-0.05, 0) is 244 Å². The van der Waals surface area contributed by atoms with E-state index in [0.717, 1.165) is 91.9 Å². The van der Waals surface area contributed by atoms with Crippen molar-refractivity contribution in [2.24, 2.45) is 5.73 Å². The Balaban J connectivity index is 0.000000152. The molecule has 0 aliphatic rings. The number of nitrogens with one attached hydrogen (secondary N) is 4. The molecule has 13 heterocycles. The fraction of sp³-hybridized carbons (Fsp3) is 0.0909. The number of rotatable bonds is 5. The minimum Gasteiger partial charge on any atom is -0.508 e. The molecule has 16 aromatic rings. The number of hydrogen-bond donors (Lipinski definition) is 9. The van der Waals surface area contributed by atoms with Gasteiger partial charge < -0.3 is 43.0 Å². The van der Waals surface area contributed by atoms with Crippen molar-refractivity contribution in [3.63, 3.8) is 0 Å². The second-order valence-corrected chi connectivity index (χ2v) is 34.8. The number of H-pyrrole nitrogens is 2. The first-order chi connectivity index (χ1) is 49.4. The lowest BCUT2D eigenvalue weighted by Crippen LogP contribution is -2.20. The van der Waals surface area contributed by atoms with E-state index < -0.39 is 16.8 Å². The third-order valence-corrected chi connectivity index (χ3v) is 20.5. The number of aromatic amines is 2. The summed E-state index contributed by atoms with van der Waals surface area (Å²) < 4.78 is 15.5. The molecular formula is C66H56Cl6N17O7PS7. The summed E-state index contributed by atoms with van der Waals surface area (Å²) in [7, 11) is 0. The van der Waals surface area contributed by atoms with Gasteiger partial charge in [-0.3, -0.25) is 23.9 Å². The number of nitrogens with zero attached hydrogens (tertiary/aromatic N) is 10. The van der Waals surface area contributed by atoms with Crippen LogP contribution in [0.25, 0.3) is 72.7 Å². The number of fused-ring (bicyclic) bond motifs is 6. The van der Waals surface area contributed by atoms with Crippen molar-refractivity contribution in [2.75, 3.05) is 22.1 Å². The summed E-state index contributed by atoms with van der Waals surface area (Å²) in [5, 5.41) is 35.0. The fourth-order valence-electron chi connectivity index (χ4n) is 8.61. The van der Waals surface area contributed by atoms with Crippen molar-refractivity contribution in [1.29, 1.82) is 0 Å². The maximum Gasteiger partial charge on any atom is 0.339 e. The lowest BCUT2D eigenvalue weighted by atomic mass is 10.2. The minimum absolute atomic E-state index is 0.0791. The van der Waals surface area contributed by atoms with E-state index in [1.54, 1.807) is 117 Å². The van der Waals surface area contributed by atoms with Gasteiger partial charge in [-0.2, -0.15) is 0 Å². The van der Waals surface area contributed by atoms with Crippen molar-refractivity contribution in [3.05, 3.63) is 223 Å². The Morgan fingerprint density at radius 3 is 1.42 bits per heavy atom. The maximum atomic E-state index is 11.0. The summed E-state index contributed by atoms with van der Waals surface area (Å²) in [6, 6.07) is 33.9. The molecule has 104 heavy (non-hydrogen) atoms. The van der Waals surface area contributed by atoms with Gasteiger partial charge in [0.05, 0.1) is 85.1 Å². The van der Waals surface area contributed by atoms with Crippen LogP contribution in [0.2, 0.25) is 15.7 Å². The van der Waals surface area contributed by atoms with Gasteiger partial charge in [0.25, 0.3) is 11.5 Å². The van der Waals surface area contributed by atoms with Crippen LogP contribution in [0, 0.1) is 34.6 Å². The Bertz CT molecular complexity index is 5540. The number of nitrogens with two attached hydrogens (primary N) is 3. The van der Waals surface area contributed by atoms with Gasteiger partial charge in [0.2, 0.25) is 22.4 Å². The van der Waals surface area contributed by atoms with E-state index in [0.29, 0.717) is 48.7 Å². The quantitative estimate of drug-likeness (QED) is 0.0254. The topological polar surface area (TPSA) is 388 Å². The van der Waals surface area contributed by atoms with Crippen molar-refractivity contribution in [2.45, 2.75) is 41.5 Å². The SMILES string of the molecule is CC(=O)Nc1ccc(-c2nc(C)c3sccc3n2)cc1.Cc1nc(C)c2sccc2n1.Cc1nc(Cl)nc2ccsc12.Cc1nc(Nc2ccc(O)cc2)nc2ccsc12.Clc1nc(Cl)c2sccc2n1.NC(=O)c1sccc1N.Nc1ccc(O)cc1.O=P(Cl)(Cl)Cl.O=c1[nH]c(=O)c2sccc2[nH]1. The van der Waals surface area contributed by atoms with Crippen LogP contribution in [-0.2, 0) is 9.36 Å². The first-order valence-corrected chi connectivity index (χ1v) is 41.2. The number of aromatic nitrogens is 12. The molecule has 38 heteroatoms. The van der Waals surface area contributed by atoms with Crippen molar-refractivity contribution in [1.82, 2.24) is 59.8 Å². The second-order valence-electron chi connectivity index (χ2n) is 20.7. The van der Waals surface area contributed by atoms with Gasteiger partial charge in [-0.25, -0.2) is 54.6 Å². The molecule has 0 fully saturated rings. The molecule has 0 saturated heterocycles. The molecule has 0 bridgehead atoms. The number of nitrogen functional groups attached to an aromatic ring is 2. The molecule has 24 nitrogen and oxygen atoms in total. The zero-order valence-corrected chi connectivity index (χ0v) is 65.9. The second kappa shape index (κ2) is 38.2. The number of halogens is 6. The molecule has 13 aromatic heterocycles. The summed E-state index contributed by atoms with van der Waals surface area (Å²) >= 11 is 41.6. The first-order valence-electron chi connectivity index (χ1n) is 29.5. The lowest BCUT2D eigenvalue weighted by Gasteiger charge is -2.06. The van der Waals surface area contributed by atoms with Crippen molar-refractivity contribution < 1.29 is 24.4 Å². The summed E-state index contributed by atoms with van der Waals surface area (Å²) in [5.74, 6) is 2.09. The first kappa shape index (κ1) is 80.8. The van der Waals surface area contributed by atoms with E-state index >= 15 is 0 Å². The van der Waals surface area contributed by atoms with Crippen LogP contribution in [0.15, 0.2) is 163 Å². The van der Waals surface area contributed by atoms with E-state index in [2.05, 4.69) is 104 Å². The smallest absolute Gasteiger partial charge is 0.339 e. The molecule has 0 atom stereocenters. The summed E-state index contributed by atoms with van der Waals surface area (Å²) in [6.45, 7) is 11.3. The number of carbonyl (C=O) groups excluding carboxylic acids is 2. The van der Waals surface area contributed by atoms with Crippen LogP contribution >= 0.6 is 153 Å². The third-order valence-electron chi connectivity index (χ3n) is 13.0. The predicted octanol–water partition coefficient (Wildman–Crippen LogP) is 19.5. The van der Waals surface area contributed by atoms with Crippen LogP contribution in [-0.4, -0.2) is 81.8 Å². The Labute approximate surface area is 648 Å². The average Bonchev–Trinajstić information content (AvgIpc) is 1.52. The Kier molecular flexibility index (Phi) is 29.7. The zero-order chi connectivity index (χ0) is 75.4. The highest BCUT2D eigenvalue weighted by molar-refractivity contribution is 8.24. The number of primary amides is 1.